The van der Waals surface area contributed by atoms with Crippen molar-refractivity contribution in [1.82, 2.24) is 15.0 Å². The van der Waals surface area contributed by atoms with Crippen molar-refractivity contribution in [2.24, 2.45) is 0 Å². The number of thiophene rings is 1. The van der Waals surface area contributed by atoms with Crippen LogP contribution in [0.4, 0.5) is 17.1 Å². The smallest absolute Gasteiger partial charge is 0.164 e. The maximum Gasteiger partial charge on any atom is 0.164 e. The molecule has 7 heteroatoms. The summed E-state index contributed by atoms with van der Waals surface area (Å²) in [6.45, 7) is 0. The first kappa shape index (κ1) is 32.6. The third-order valence-corrected chi connectivity index (χ3v) is 12.1. The highest BCUT2D eigenvalue weighted by Crippen LogP contribution is 2.48. The maximum absolute atomic E-state index is 6.73. The van der Waals surface area contributed by atoms with E-state index in [0.717, 1.165) is 77.6 Å². The Morgan fingerprint density at radius 1 is 0.397 bits per heavy atom. The van der Waals surface area contributed by atoms with Gasteiger partial charge < -0.3 is 13.7 Å². The van der Waals surface area contributed by atoms with Crippen LogP contribution in [0.3, 0.4) is 0 Å². The lowest BCUT2D eigenvalue weighted by Gasteiger charge is -2.26. The molecule has 0 saturated carbocycles. The molecule has 0 aliphatic heterocycles. The van der Waals surface area contributed by atoms with Crippen molar-refractivity contribution in [3.63, 3.8) is 0 Å². The summed E-state index contributed by atoms with van der Waals surface area (Å²) < 4.78 is 15.5. The molecule has 0 saturated heterocycles. The Balaban J connectivity index is 1.17. The van der Waals surface area contributed by atoms with E-state index >= 15 is 0 Å². The van der Waals surface area contributed by atoms with Crippen molar-refractivity contribution in [3.05, 3.63) is 182 Å². The number of hydrogen-bond acceptors (Lipinski definition) is 7. The summed E-state index contributed by atoms with van der Waals surface area (Å²) in [5, 5.41) is 6.37. The second-order valence-corrected chi connectivity index (χ2v) is 15.4. The molecule has 0 bridgehead atoms. The molecule has 8 aromatic carbocycles. The number of nitrogens with zero attached hydrogens (tertiary/aromatic N) is 4. The highest BCUT2D eigenvalue weighted by Gasteiger charge is 2.25. The third kappa shape index (κ3) is 5.14. The minimum Gasteiger partial charge on any atom is -0.456 e. The first-order valence-corrected chi connectivity index (χ1v) is 20.0. The molecule has 0 fully saturated rings. The minimum absolute atomic E-state index is 0.542. The molecule has 0 aliphatic carbocycles. The average molecular weight is 763 g/mol. The molecule has 4 heterocycles. The van der Waals surface area contributed by atoms with Gasteiger partial charge in [0.15, 0.2) is 17.5 Å². The molecule has 58 heavy (non-hydrogen) atoms. The quantitative estimate of drug-likeness (QED) is 0.168. The fourth-order valence-corrected chi connectivity index (χ4v) is 9.56. The highest BCUT2D eigenvalue weighted by molar-refractivity contribution is 7.26. The van der Waals surface area contributed by atoms with Gasteiger partial charge in [0.05, 0.1) is 16.1 Å². The van der Waals surface area contributed by atoms with E-state index in [0.29, 0.717) is 17.5 Å². The Kier molecular flexibility index (Phi) is 7.30. The summed E-state index contributed by atoms with van der Waals surface area (Å²) in [6.07, 6.45) is 0. The van der Waals surface area contributed by atoms with Crippen LogP contribution in [-0.4, -0.2) is 15.0 Å². The predicted octanol–water partition coefficient (Wildman–Crippen LogP) is 14.5. The Morgan fingerprint density at radius 2 is 0.966 bits per heavy atom. The Labute approximate surface area is 335 Å². The lowest BCUT2D eigenvalue weighted by Crippen LogP contribution is -2.10. The van der Waals surface area contributed by atoms with Gasteiger partial charge in [0, 0.05) is 65.5 Å². The van der Waals surface area contributed by atoms with E-state index in [2.05, 4.69) is 108 Å². The Morgan fingerprint density at radius 3 is 1.74 bits per heavy atom. The standard InChI is InChI=1S/C51H30N4O2S/c1-3-15-31(16-4-1)49-52-50(38-23-14-27-43-46(38)36-20-7-10-25-41(36)56-43)54-51(53-49)39-29-33(30-44-47(39)37-21-8-11-26-42(37)57-44)55(32-17-5-2-6-18-32)40-24-13-22-35-34-19-9-12-28-45(34)58-48(35)40/h1-30H. The molecule has 12 rings (SSSR count). The molecule has 6 nitrogen and oxygen atoms in total. The molecule has 0 amide bonds. The number of furan rings is 2. The Bertz CT molecular complexity index is 3530. The van der Waals surface area contributed by atoms with Gasteiger partial charge in [-0.3, -0.25) is 0 Å². The Hall–Kier alpha value is -7.61. The monoisotopic (exact) mass is 762 g/mol. The molecule has 0 unspecified atom stereocenters. The van der Waals surface area contributed by atoms with Crippen molar-refractivity contribution in [2.45, 2.75) is 0 Å². The first-order chi connectivity index (χ1) is 28.7. The number of aromatic nitrogens is 3. The predicted molar refractivity (Wildman–Crippen MR) is 238 cm³/mol. The van der Waals surface area contributed by atoms with Crippen molar-refractivity contribution in [3.8, 4) is 34.2 Å². The van der Waals surface area contributed by atoms with Gasteiger partial charge in [-0.2, -0.15) is 0 Å². The lowest BCUT2D eigenvalue weighted by molar-refractivity contribution is 0.668. The van der Waals surface area contributed by atoms with Crippen LogP contribution >= 0.6 is 11.3 Å². The number of anilines is 3. The normalized spacial score (nSPS) is 11.8. The van der Waals surface area contributed by atoms with E-state index in [1.807, 2.05) is 90.2 Å². The fourth-order valence-electron chi connectivity index (χ4n) is 8.35. The van der Waals surface area contributed by atoms with E-state index in [4.69, 9.17) is 23.8 Å². The molecule has 0 spiro atoms. The van der Waals surface area contributed by atoms with Gasteiger partial charge in [0.1, 0.15) is 22.3 Å². The second-order valence-electron chi connectivity index (χ2n) is 14.3. The number of hydrogen-bond donors (Lipinski definition) is 0. The number of fused-ring (bicyclic) bond motifs is 9. The molecule has 4 aromatic heterocycles. The summed E-state index contributed by atoms with van der Waals surface area (Å²) in [4.78, 5) is 18.2. The van der Waals surface area contributed by atoms with Crippen LogP contribution in [0, 0.1) is 0 Å². The van der Waals surface area contributed by atoms with Crippen LogP contribution in [0.5, 0.6) is 0 Å². The zero-order valence-corrected chi connectivity index (χ0v) is 31.7. The van der Waals surface area contributed by atoms with Crippen LogP contribution in [0.25, 0.3) is 98.2 Å². The first-order valence-electron chi connectivity index (χ1n) is 19.2. The van der Waals surface area contributed by atoms with Crippen molar-refractivity contribution >= 4 is 92.4 Å². The number of benzene rings is 8. The van der Waals surface area contributed by atoms with E-state index in [-0.39, 0.29) is 0 Å². The summed E-state index contributed by atoms with van der Waals surface area (Å²) in [5.74, 6) is 1.68. The largest absolute Gasteiger partial charge is 0.456 e. The summed E-state index contributed by atoms with van der Waals surface area (Å²) >= 11 is 1.81. The van der Waals surface area contributed by atoms with Gasteiger partial charge in [-0.25, -0.2) is 15.0 Å². The fraction of sp³-hybridized carbons (Fsp3) is 0. The van der Waals surface area contributed by atoms with Gasteiger partial charge in [0.25, 0.3) is 0 Å². The summed E-state index contributed by atoms with van der Waals surface area (Å²) in [5.41, 5.74) is 8.75. The van der Waals surface area contributed by atoms with Gasteiger partial charge >= 0.3 is 0 Å². The molecule has 0 radical (unpaired) electrons. The summed E-state index contributed by atoms with van der Waals surface area (Å²) in [7, 11) is 0. The zero-order chi connectivity index (χ0) is 38.2. The van der Waals surface area contributed by atoms with Crippen molar-refractivity contribution in [2.75, 3.05) is 4.90 Å². The van der Waals surface area contributed by atoms with Crippen LogP contribution in [-0.2, 0) is 0 Å². The minimum atomic E-state index is 0.542. The van der Waals surface area contributed by atoms with E-state index in [1.54, 1.807) is 0 Å². The van der Waals surface area contributed by atoms with Crippen molar-refractivity contribution in [1.29, 1.82) is 0 Å². The molecule has 0 atom stereocenters. The average Bonchev–Trinajstić information content (AvgIpc) is 3.98. The molecule has 0 aliphatic rings. The topological polar surface area (TPSA) is 68.2 Å². The number of para-hydroxylation sites is 3. The van der Waals surface area contributed by atoms with E-state index < -0.39 is 0 Å². The molecular weight excluding hydrogens is 733 g/mol. The van der Waals surface area contributed by atoms with E-state index in [9.17, 15) is 0 Å². The molecule has 12 aromatic rings. The van der Waals surface area contributed by atoms with Crippen LogP contribution in [0.15, 0.2) is 191 Å². The van der Waals surface area contributed by atoms with Gasteiger partial charge in [-0.1, -0.05) is 127 Å². The molecule has 0 N–H and O–H groups in total. The molecular formula is C51H30N4O2S. The lowest BCUT2D eigenvalue weighted by atomic mass is 10.0. The van der Waals surface area contributed by atoms with Gasteiger partial charge in [-0.05, 0) is 48.5 Å². The van der Waals surface area contributed by atoms with Crippen LogP contribution in [0.2, 0.25) is 0 Å². The van der Waals surface area contributed by atoms with E-state index in [1.165, 1.54) is 20.2 Å². The zero-order valence-electron chi connectivity index (χ0n) is 30.8. The van der Waals surface area contributed by atoms with Gasteiger partial charge in [-0.15, -0.1) is 11.3 Å². The van der Waals surface area contributed by atoms with Crippen LogP contribution < -0.4 is 4.90 Å². The second kappa shape index (κ2) is 13.0. The SMILES string of the molecule is c1ccc(-c2nc(-c3cccc4oc5ccccc5c34)nc(-c3cc(N(c4ccccc4)c4cccc5c4sc4ccccc45)cc4oc5ccccc5c34)n2)cc1. The highest BCUT2D eigenvalue weighted by atomic mass is 32.1. The van der Waals surface area contributed by atoms with Crippen molar-refractivity contribution < 1.29 is 8.83 Å². The van der Waals surface area contributed by atoms with Gasteiger partial charge in [0.2, 0.25) is 0 Å². The summed E-state index contributed by atoms with van der Waals surface area (Å²) in [6, 6.07) is 62.6. The maximum atomic E-state index is 6.73. The number of rotatable bonds is 6. The van der Waals surface area contributed by atoms with Crippen LogP contribution in [0.1, 0.15) is 0 Å². The molecule has 272 valence electrons. The third-order valence-electron chi connectivity index (χ3n) is 10.9.